The fourth-order valence-corrected chi connectivity index (χ4v) is 2.32. The van der Waals surface area contributed by atoms with Crippen LogP contribution >= 0.6 is 0 Å². The normalized spacial score (nSPS) is 14.5. The van der Waals surface area contributed by atoms with Gasteiger partial charge >= 0.3 is 0 Å². The average Bonchev–Trinajstić information content (AvgIpc) is 2.39. The van der Waals surface area contributed by atoms with E-state index in [-0.39, 0.29) is 0 Å². The molecule has 0 saturated heterocycles. The van der Waals surface area contributed by atoms with Gasteiger partial charge in [0.2, 0.25) is 0 Å². The largest absolute Gasteiger partial charge is 0.312 e. The van der Waals surface area contributed by atoms with Crippen molar-refractivity contribution in [2.24, 2.45) is 0 Å². The van der Waals surface area contributed by atoms with Gasteiger partial charge in [-0.05, 0) is 35.7 Å². The minimum Gasteiger partial charge on any atom is -0.312 e. The molecule has 2 heteroatoms. The Hall–Kier alpha value is -1.67. The van der Waals surface area contributed by atoms with Gasteiger partial charge in [-0.25, -0.2) is 0 Å². The molecule has 0 saturated carbocycles. The Morgan fingerprint density at radius 1 is 1.12 bits per heavy atom. The van der Waals surface area contributed by atoms with Crippen molar-refractivity contribution in [2.75, 3.05) is 6.54 Å². The maximum atomic E-state index is 4.19. The van der Waals surface area contributed by atoms with Crippen LogP contribution in [0.4, 0.5) is 0 Å². The van der Waals surface area contributed by atoms with Crippen LogP contribution in [0.15, 0.2) is 42.7 Å². The molecule has 2 aromatic rings. The second kappa shape index (κ2) is 4.06. The lowest BCUT2D eigenvalue weighted by molar-refractivity contribution is 0.645. The van der Waals surface area contributed by atoms with Crippen molar-refractivity contribution in [3.8, 4) is 11.1 Å². The van der Waals surface area contributed by atoms with Gasteiger partial charge in [-0.1, -0.05) is 24.3 Å². The van der Waals surface area contributed by atoms with E-state index in [1.807, 2.05) is 18.5 Å². The SMILES string of the molecule is c1cncc(-c2cccc3c2CCNC3)c1. The summed E-state index contributed by atoms with van der Waals surface area (Å²) in [5.41, 5.74) is 5.47. The van der Waals surface area contributed by atoms with Crippen molar-refractivity contribution in [1.82, 2.24) is 10.3 Å². The Morgan fingerprint density at radius 3 is 3.00 bits per heavy atom. The number of hydrogen-bond donors (Lipinski definition) is 1. The third-order valence-electron chi connectivity index (χ3n) is 3.11. The van der Waals surface area contributed by atoms with Crippen molar-refractivity contribution < 1.29 is 0 Å². The van der Waals surface area contributed by atoms with Gasteiger partial charge in [-0.2, -0.15) is 0 Å². The highest BCUT2D eigenvalue weighted by atomic mass is 14.9. The quantitative estimate of drug-likeness (QED) is 0.781. The summed E-state index contributed by atoms with van der Waals surface area (Å²) >= 11 is 0. The van der Waals surface area contributed by atoms with Crippen molar-refractivity contribution in [1.29, 1.82) is 0 Å². The van der Waals surface area contributed by atoms with Gasteiger partial charge in [-0.15, -0.1) is 0 Å². The lowest BCUT2D eigenvalue weighted by Gasteiger charge is -2.20. The third-order valence-corrected chi connectivity index (χ3v) is 3.11. The summed E-state index contributed by atoms with van der Waals surface area (Å²) in [5, 5.41) is 3.40. The zero-order valence-electron chi connectivity index (χ0n) is 9.11. The first kappa shape index (κ1) is 9.55. The van der Waals surface area contributed by atoms with Crippen LogP contribution in [0.5, 0.6) is 0 Å². The van der Waals surface area contributed by atoms with Crippen molar-refractivity contribution in [3.63, 3.8) is 0 Å². The van der Waals surface area contributed by atoms with Crippen molar-refractivity contribution in [3.05, 3.63) is 53.9 Å². The molecule has 0 amide bonds. The Labute approximate surface area is 95.3 Å². The van der Waals surface area contributed by atoms with Gasteiger partial charge in [-0.3, -0.25) is 4.98 Å². The minimum absolute atomic E-state index is 0.990. The molecule has 0 fully saturated rings. The molecule has 1 aromatic carbocycles. The predicted molar refractivity (Wildman–Crippen MR) is 65.1 cm³/mol. The molecule has 2 nitrogen and oxygen atoms in total. The number of fused-ring (bicyclic) bond motifs is 1. The van der Waals surface area contributed by atoms with Gasteiger partial charge in [0.1, 0.15) is 0 Å². The molecule has 0 atom stereocenters. The summed E-state index contributed by atoms with van der Waals surface area (Å²) in [5.74, 6) is 0. The topological polar surface area (TPSA) is 24.9 Å². The molecule has 80 valence electrons. The van der Waals surface area contributed by atoms with Gasteiger partial charge in [0.15, 0.2) is 0 Å². The van der Waals surface area contributed by atoms with E-state index in [4.69, 9.17) is 0 Å². The van der Waals surface area contributed by atoms with Crippen LogP contribution in [0.2, 0.25) is 0 Å². The lowest BCUT2D eigenvalue weighted by Crippen LogP contribution is -2.24. The second-order valence-electron chi connectivity index (χ2n) is 4.11. The van der Waals surface area contributed by atoms with E-state index in [1.165, 1.54) is 22.3 Å². The van der Waals surface area contributed by atoms with E-state index >= 15 is 0 Å². The number of pyridine rings is 1. The molecule has 3 rings (SSSR count). The number of aromatic nitrogens is 1. The maximum Gasteiger partial charge on any atom is 0.0346 e. The molecule has 0 radical (unpaired) electrons. The number of nitrogens with one attached hydrogen (secondary N) is 1. The molecule has 1 aliphatic heterocycles. The van der Waals surface area contributed by atoms with Gasteiger partial charge in [0.05, 0.1) is 0 Å². The zero-order chi connectivity index (χ0) is 10.8. The Balaban J connectivity index is 2.14. The first-order valence-electron chi connectivity index (χ1n) is 5.67. The lowest BCUT2D eigenvalue weighted by atomic mass is 9.92. The summed E-state index contributed by atoms with van der Waals surface area (Å²) in [4.78, 5) is 4.19. The zero-order valence-corrected chi connectivity index (χ0v) is 9.11. The van der Waals surface area contributed by atoms with E-state index in [2.05, 4.69) is 34.6 Å². The minimum atomic E-state index is 0.990. The third kappa shape index (κ3) is 1.61. The smallest absolute Gasteiger partial charge is 0.0346 e. The van der Waals surface area contributed by atoms with Crippen LogP contribution in [0, 0.1) is 0 Å². The van der Waals surface area contributed by atoms with E-state index < -0.39 is 0 Å². The molecule has 0 spiro atoms. The Kier molecular flexibility index (Phi) is 2.43. The second-order valence-corrected chi connectivity index (χ2v) is 4.11. The molecule has 0 aliphatic carbocycles. The van der Waals surface area contributed by atoms with Crippen LogP contribution < -0.4 is 5.32 Å². The summed E-state index contributed by atoms with van der Waals surface area (Å²) in [7, 11) is 0. The Bertz CT molecular complexity index is 491. The van der Waals surface area contributed by atoms with Gasteiger partial charge in [0, 0.05) is 24.5 Å². The molecular formula is C14H14N2. The fraction of sp³-hybridized carbons (Fsp3) is 0.214. The van der Waals surface area contributed by atoms with Crippen molar-refractivity contribution in [2.45, 2.75) is 13.0 Å². The molecule has 1 aromatic heterocycles. The van der Waals surface area contributed by atoms with E-state index in [0.717, 1.165) is 19.5 Å². The highest BCUT2D eigenvalue weighted by molar-refractivity contribution is 5.68. The standard InChI is InChI=1S/C14H14N2/c1-3-11-10-16-8-6-14(11)13(5-1)12-4-2-7-15-9-12/h1-5,7,9,16H,6,8,10H2. The van der Waals surface area contributed by atoms with Crippen LogP contribution in [0.1, 0.15) is 11.1 Å². The molecule has 0 bridgehead atoms. The highest BCUT2D eigenvalue weighted by Gasteiger charge is 2.12. The van der Waals surface area contributed by atoms with E-state index in [0.29, 0.717) is 0 Å². The summed E-state index contributed by atoms with van der Waals surface area (Å²) in [6.07, 6.45) is 4.87. The maximum absolute atomic E-state index is 4.19. The first-order valence-corrected chi connectivity index (χ1v) is 5.67. The summed E-state index contributed by atoms with van der Waals surface area (Å²) in [6.45, 7) is 2.06. The monoisotopic (exact) mass is 210 g/mol. The molecule has 2 heterocycles. The van der Waals surface area contributed by atoms with Crippen LogP contribution in [0.25, 0.3) is 11.1 Å². The molecule has 16 heavy (non-hydrogen) atoms. The number of benzene rings is 1. The number of nitrogens with zero attached hydrogens (tertiary/aromatic N) is 1. The highest BCUT2D eigenvalue weighted by Crippen LogP contribution is 2.27. The van der Waals surface area contributed by atoms with Crippen molar-refractivity contribution >= 4 is 0 Å². The van der Waals surface area contributed by atoms with Crippen LogP contribution in [-0.2, 0) is 13.0 Å². The summed E-state index contributed by atoms with van der Waals surface area (Å²) in [6, 6.07) is 10.7. The molecule has 1 N–H and O–H groups in total. The van der Waals surface area contributed by atoms with Gasteiger partial charge < -0.3 is 5.32 Å². The number of rotatable bonds is 1. The predicted octanol–water partition coefficient (Wildman–Crippen LogP) is 2.39. The summed E-state index contributed by atoms with van der Waals surface area (Å²) < 4.78 is 0. The van der Waals surface area contributed by atoms with Crippen LogP contribution in [-0.4, -0.2) is 11.5 Å². The molecule has 0 unspecified atom stereocenters. The average molecular weight is 210 g/mol. The van der Waals surface area contributed by atoms with Crippen LogP contribution in [0.3, 0.4) is 0 Å². The van der Waals surface area contributed by atoms with E-state index in [9.17, 15) is 0 Å². The van der Waals surface area contributed by atoms with E-state index in [1.54, 1.807) is 0 Å². The number of hydrogen-bond acceptors (Lipinski definition) is 2. The van der Waals surface area contributed by atoms with Gasteiger partial charge in [0.25, 0.3) is 0 Å². The molecular weight excluding hydrogens is 196 g/mol. The molecule has 1 aliphatic rings. The Morgan fingerprint density at radius 2 is 2.12 bits per heavy atom. The fourth-order valence-electron chi connectivity index (χ4n) is 2.32. The first-order chi connectivity index (χ1) is 7.95.